The van der Waals surface area contributed by atoms with Crippen molar-refractivity contribution in [2.45, 2.75) is 25.9 Å². The van der Waals surface area contributed by atoms with Crippen LogP contribution in [0.2, 0.25) is 0 Å². The van der Waals surface area contributed by atoms with E-state index in [1.54, 1.807) is 0 Å². The number of hydrogen-bond acceptors (Lipinski definition) is 5. The van der Waals surface area contributed by atoms with Crippen molar-refractivity contribution >= 4 is 5.69 Å². The van der Waals surface area contributed by atoms with Crippen LogP contribution in [0.25, 0.3) is 0 Å². The summed E-state index contributed by atoms with van der Waals surface area (Å²) in [6.07, 6.45) is 3.18. The molecule has 0 aliphatic carbocycles. The summed E-state index contributed by atoms with van der Waals surface area (Å²) in [5.41, 5.74) is 1.86. The first-order chi connectivity index (χ1) is 9.74. The molecule has 0 spiro atoms. The molecule has 2 heterocycles. The zero-order valence-electron chi connectivity index (χ0n) is 12.2. The van der Waals surface area contributed by atoms with Gasteiger partial charge in [0, 0.05) is 26.2 Å². The zero-order chi connectivity index (χ0) is 14.4. The highest BCUT2D eigenvalue weighted by Gasteiger charge is 2.15. The van der Waals surface area contributed by atoms with E-state index in [9.17, 15) is 5.11 Å². The van der Waals surface area contributed by atoms with Crippen LogP contribution in [0.3, 0.4) is 0 Å². The second-order valence-corrected chi connectivity index (χ2v) is 5.27. The van der Waals surface area contributed by atoms with Crippen LogP contribution in [0, 0.1) is 0 Å². The topological polar surface area (TPSA) is 59.8 Å². The lowest BCUT2D eigenvalue weighted by Gasteiger charge is -2.23. The maximum atomic E-state index is 9.76. The van der Waals surface area contributed by atoms with Crippen molar-refractivity contribution in [2.24, 2.45) is 0 Å². The number of pyridine rings is 1. The second kappa shape index (κ2) is 7.57. The van der Waals surface area contributed by atoms with Crippen LogP contribution >= 0.6 is 0 Å². The summed E-state index contributed by atoms with van der Waals surface area (Å²) in [5.74, 6) is 0. The minimum atomic E-state index is -0.465. The van der Waals surface area contributed by atoms with Crippen molar-refractivity contribution in [2.75, 3.05) is 44.2 Å². The van der Waals surface area contributed by atoms with E-state index in [4.69, 9.17) is 5.11 Å². The van der Waals surface area contributed by atoms with Gasteiger partial charge in [-0.25, -0.2) is 0 Å². The lowest BCUT2D eigenvalue weighted by molar-refractivity contribution is 0.169. The molecule has 1 aromatic heterocycles. The van der Waals surface area contributed by atoms with Crippen LogP contribution < -0.4 is 4.90 Å². The Morgan fingerprint density at radius 1 is 1.25 bits per heavy atom. The normalized spacial score (nSPS) is 18.9. The van der Waals surface area contributed by atoms with E-state index >= 15 is 0 Å². The number of rotatable bonds is 5. The van der Waals surface area contributed by atoms with Crippen molar-refractivity contribution in [3.05, 3.63) is 24.0 Å². The average molecular weight is 279 g/mol. The first-order valence-corrected chi connectivity index (χ1v) is 7.46. The van der Waals surface area contributed by atoms with Gasteiger partial charge in [0.15, 0.2) is 0 Å². The Morgan fingerprint density at radius 3 is 2.75 bits per heavy atom. The molecule has 2 rings (SSSR count). The van der Waals surface area contributed by atoms with Crippen LogP contribution in [-0.2, 0) is 0 Å². The zero-order valence-corrected chi connectivity index (χ0v) is 12.2. The van der Waals surface area contributed by atoms with Crippen molar-refractivity contribution in [1.29, 1.82) is 0 Å². The highest BCUT2D eigenvalue weighted by Crippen LogP contribution is 2.19. The molecule has 0 saturated carbocycles. The maximum absolute atomic E-state index is 9.76. The molecule has 0 amide bonds. The molecule has 1 aromatic rings. The monoisotopic (exact) mass is 279 g/mol. The largest absolute Gasteiger partial charge is 0.395 e. The van der Waals surface area contributed by atoms with Crippen LogP contribution in [0.5, 0.6) is 0 Å². The number of β-amino-alcohol motifs (C(OH)–C–C–N with tert-alkyl or cyclic N) is 1. The molecular weight excluding hydrogens is 254 g/mol. The Labute approximate surface area is 120 Å². The number of anilines is 1. The van der Waals surface area contributed by atoms with Gasteiger partial charge in [0.2, 0.25) is 0 Å². The molecule has 0 unspecified atom stereocenters. The molecule has 1 aliphatic heterocycles. The summed E-state index contributed by atoms with van der Waals surface area (Å²) < 4.78 is 0. The summed E-state index contributed by atoms with van der Waals surface area (Å²) in [7, 11) is 0. The maximum Gasteiger partial charge on any atom is 0.0957 e. The lowest BCUT2D eigenvalue weighted by atomic mass is 10.2. The fourth-order valence-electron chi connectivity index (χ4n) is 2.58. The Kier molecular flexibility index (Phi) is 5.76. The first-order valence-electron chi connectivity index (χ1n) is 7.46. The molecule has 5 heteroatoms. The third-order valence-electron chi connectivity index (χ3n) is 3.87. The number of nitrogens with zero attached hydrogens (tertiary/aromatic N) is 3. The van der Waals surface area contributed by atoms with E-state index in [0.717, 1.165) is 50.5 Å². The summed E-state index contributed by atoms with van der Waals surface area (Å²) in [6, 6.07) is 3.96. The molecule has 0 aromatic carbocycles. The highest BCUT2D eigenvalue weighted by atomic mass is 16.3. The number of aliphatic hydroxyl groups is 2. The lowest BCUT2D eigenvalue weighted by Crippen LogP contribution is -2.32. The Hall–Kier alpha value is -1.17. The van der Waals surface area contributed by atoms with Gasteiger partial charge in [-0.15, -0.1) is 0 Å². The molecule has 1 saturated heterocycles. The van der Waals surface area contributed by atoms with Gasteiger partial charge in [-0.2, -0.15) is 0 Å². The molecule has 1 fully saturated rings. The minimum absolute atomic E-state index is 0.227. The summed E-state index contributed by atoms with van der Waals surface area (Å²) in [5, 5.41) is 18.8. The van der Waals surface area contributed by atoms with Gasteiger partial charge < -0.3 is 15.1 Å². The fraction of sp³-hybridized carbons (Fsp3) is 0.667. The number of hydrogen-bond donors (Lipinski definition) is 2. The van der Waals surface area contributed by atoms with Crippen molar-refractivity contribution in [3.8, 4) is 0 Å². The third-order valence-corrected chi connectivity index (χ3v) is 3.87. The van der Waals surface area contributed by atoms with Gasteiger partial charge >= 0.3 is 0 Å². The van der Waals surface area contributed by atoms with Gasteiger partial charge in [-0.1, -0.05) is 6.92 Å². The molecule has 0 radical (unpaired) electrons. The molecule has 1 aliphatic rings. The third kappa shape index (κ3) is 3.91. The van der Waals surface area contributed by atoms with Gasteiger partial charge in [-0.3, -0.25) is 9.88 Å². The van der Waals surface area contributed by atoms with Gasteiger partial charge in [-0.05, 0) is 31.5 Å². The van der Waals surface area contributed by atoms with Gasteiger partial charge in [0.1, 0.15) is 0 Å². The smallest absolute Gasteiger partial charge is 0.0957 e. The van der Waals surface area contributed by atoms with E-state index in [1.807, 2.05) is 25.3 Å². The minimum Gasteiger partial charge on any atom is -0.395 e. The second-order valence-electron chi connectivity index (χ2n) is 5.27. The number of aromatic nitrogens is 1. The van der Waals surface area contributed by atoms with Crippen LogP contribution in [0.4, 0.5) is 5.69 Å². The standard InChI is InChI=1S/C15H25N3O2/c1-2-15(20)14-5-4-13(12-16-14)18-7-3-6-17(8-9-18)10-11-19/h4-5,12,15,19-20H,2-3,6-11H2,1H3/t15-/m1/s1. The quantitative estimate of drug-likeness (QED) is 0.843. The van der Waals surface area contributed by atoms with Crippen LogP contribution in [0.1, 0.15) is 31.6 Å². The van der Waals surface area contributed by atoms with E-state index < -0.39 is 6.10 Å². The average Bonchev–Trinajstić information content (AvgIpc) is 2.73. The van der Waals surface area contributed by atoms with Gasteiger partial charge in [0.05, 0.1) is 30.3 Å². The van der Waals surface area contributed by atoms with E-state index in [1.165, 1.54) is 0 Å². The summed E-state index contributed by atoms with van der Waals surface area (Å²) in [4.78, 5) is 8.99. The molecular formula is C15H25N3O2. The molecule has 20 heavy (non-hydrogen) atoms. The van der Waals surface area contributed by atoms with E-state index in [-0.39, 0.29) is 6.61 Å². The molecule has 2 N–H and O–H groups in total. The Balaban J connectivity index is 1.97. The SMILES string of the molecule is CC[C@@H](O)c1ccc(N2CCCN(CCO)CC2)cn1. The molecule has 0 bridgehead atoms. The van der Waals surface area contributed by atoms with Crippen molar-refractivity contribution < 1.29 is 10.2 Å². The summed E-state index contributed by atoms with van der Waals surface area (Å²) >= 11 is 0. The van der Waals surface area contributed by atoms with Crippen molar-refractivity contribution in [3.63, 3.8) is 0 Å². The molecule has 1 atom stereocenters. The summed E-state index contributed by atoms with van der Waals surface area (Å²) in [6.45, 7) is 6.91. The fourth-order valence-corrected chi connectivity index (χ4v) is 2.58. The van der Waals surface area contributed by atoms with E-state index in [2.05, 4.69) is 14.8 Å². The first kappa shape index (κ1) is 15.2. The predicted molar refractivity (Wildman–Crippen MR) is 79.8 cm³/mol. The molecule has 112 valence electrons. The van der Waals surface area contributed by atoms with Crippen LogP contribution in [0.15, 0.2) is 18.3 Å². The Morgan fingerprint density at radius 2 is 2.10 bits per heavy atom. The highest BCUT2D eigenvalue weighted by molar-refractivity contribution is 5.44. The molecule has 5 nitrogen and oxygen atoms in total. The Bertz CT molecular complexity index is 397. The van der Waals surface area contributed by atoms with E-state index in [0.29, 0.717) is 6.42 Å². The van der Waals surface area contributed by atoms with Gasteiger partial charge in [0.25, 0.3) is 0 Å². The predicted octanol–water partition coefficient (Wildman–Crippen LogP) is 1.03. The number of aliphatic hydroxyl groups excluding tert-OH is 2. The van der Waals surface area contributed by atoms with Crippen LogP contribution in [-0.4, -0.2) is 59.4 Å². The van der Waals surface area contributed by atoms with Crippen molar-refractivity contribution in [1.82, 2.24) is 9.88 Å².